The number of halogens is 4. The Labute approximate surface area is 199 Å². The van der Waals surface area contributed by atoms with Gasteiger partial charge in [0, 0.05) is 13.1 Å². The van der Waals surface area contributed by atoms with Crippen LogP contribution in [0.2, 0.25) is 5.02 Å². The number of carboxylic acids is 1. The van der Waals surface area contributed by atoms with Crippen molar-refractivity contribution in [1.29, 1.82) is 0 Å². The number of rotatable bonds is 5. The lowest BCUT2D eigenvalue weighted by molar-refractivity contribution is -0.192. The quantitative estimate of drug-likeness (QED) is 0.520. The van der Waals surface area contributed by atoms with E-state index in [1.807, 2.05) is 0 Å². The van der Waals surface area contributed by atoms with Gasteiger partial charge in [-0.05, 0) is 45.7 Å². The Hall–Kier alpha value is -3.02. The molecule has 1 aromatic rings. The lowest BCUT2D eigenvalue weighted by atomic mass is 9.94. The average Bonchev–Trinajstić information content (AvgIpc) is 2.74. The van der Waals surface area contributed by atoms with Crippen LogP contribution in [0.1, 0.15) is 33.6 Å². The summed E-state index contributed by atoms with van der Waals surface area (Å²) in [5.74, 6) is -3.33. The molecule has 1 aliphatic heterocycles. The standard InChI is InChI=1S/C19H26ClN3O4.C2HF3O2/c1-4-27-16(24)13-9-11-23(12-10-13)17(25)19(2,3)22-18(26)21-15-8-6-5-7-14(15)20;3-2(4,5)1(6)7/h5-8,13H,4,9-12H2,1-3H3,(H2,21,22,26);(H,6,7). The smallest absolute Gasteiger partial charge is 0.475 e. The summed E-state index contributed by atoms with van der Waals surface area (Å²) >= 11 is 6.03. The fourth-order valence-electron chi connectivity index (χ4n) is 3.03. The summed E-state index contributed by atoms with van der Waals surface area (Å²) in [6.07, 6.45) is -3.96. The van der Waals surface area contributed by atoms with Crippen LogP contribution < -0.4 is 10.6 Å². The second-order valence-electron chi connectivity index (χ2n) is 7.81. The van der Waals surface area contributed by atoms with Crippen molar-refractivity contribution in [3.63, 3.8) is 0 Å². The summed E-state index contributed by atoms with van der Waals surface area (Å²) in [5.41, 5.74) is -0.627. The summed E-state index contributed by atoms with van der Waals surface area (Å²) in [7, 11) is 0. The molecule has 0 spiro atoms. The van der Waals surface area contributed by atoms with Crippen molar-refractivity contribution in [2.24, 2.45) is 5.92 Å². The van der Waals surface area contributed by atoms with Crippen molar-refractivity contribution in [1.82, 2.24) is 10.2 Å². The van der Waals surface area contributed by atoms with E-state index < -0.39 is 23.7 Å². The minimum Gasteiger partial charge on any atom is -0.475 e. The molecule has 0 bridgehead atoms. The minimum atomic E-state index is -5.08. The van der Waals surface area contributed by atoms with Crippen LogP contribution in [0.25, 0.3) is 0 Å². The van der Waals surface area contributed by atoms with E-state index in [0.717, 1.165) is 0 Å². The first-order valence-electron chi connectivity index (χ1n) is 10.3. The predicted molar refractivity (Wildman–Crippen MR) is 117 cm³/mol. The van der Waals surface area contributed by atoms with Crippen molar-refractivity contribution in [2.75, 3.05) is 25.0 Å². The second kappa shape index (κ2) is 12.4. The number of amides is 3. The van der Waals surface area contributed by atoms with Gasteiger partial charge in [0.15, 0.2) is 0 Å². The Kier molecular flexibility index (Phi) is 10.6. The molecule has 0 aliphatic carbocycles. The first-order valence-corrected chi connectivity index (χ1v) is 10.7. The number of ether oxygens (including phenoxy) is 1. The number of benzene rings is 1. The molecule has 0 radical (unpaired) electrons. The molecule has 1 heterocycles. The van der Waals surface area contributed by atoms with E-state index in [0.29, 0.717) is 43.2 Å². The maximum Gasteiger partial charge on any atom is 0.490 e. The van der Waals surface area contributed by atoms with Crippen LogP contribution in [0.4, 0.5) is 23.7 Å². The molecule has 9 nitrogen and oxygen atoms in total. The number of anilines is 1. The van der Waals surface area contributed by atoms with Gasteiger partial charge in [0.2, 0.25) is 5.91 Å². The molecule has 0 saturated carbocycles. The predicted octanol–water partition coefficient (Wildman–Crippen LogP) is 3.68. The van der Waals surface area contributed by atoms with Crippen LogP contribution in [-0.2, 0) is 19.1 Å². The number of nitrogens with zero attached hydrogens (tertiary/aromatic N) is 1. The number of para-hydroxylation sites is 1. The molecule has 3 amide bonds. The highest BCUT2D eigenvalue weighted by Crippen LogP contribution is 2.23. The first-order chi connectivity index (χ1) is 15.7. The van der Waals surface area contributed by atoms with Gasteiger partial charge >= 0.3 is 24.1 Å². The van der Waals surface area contributed by atoms with E-state index in [-0.39, 0.29) is 17.8 Å². The molecule has 0 atom stereocenters. The van der Waals surface area contributed by atoms with E-state index in [9.17, 15) is 27.6 Å². The fourth-order valence-corrected chi connectivity index (χ4v) is 3.21. The Morgan fingerprint density at radius 3 is 2.15 bits per heavy atom. The van der Waals surface area contributed by atoms with Gasteiger partial charge in [-0.25, -0.2) is 9.59 Å². The first kappa shape index (κ1) is 29.0. The molecule has 2 rings (SSSR count). The van der Waals surface area contributed by atoms with E-state index in [1.165, 1.54) is 0 Å². The van der Waals surface area contributed by atoms with Crippen LogP contribution in [0.5, 0.6) is 0 Å². The summed E-state index contributed by atoms with van der Waals surface area (Å²) in [6, 6.07) is 6.35. The molecule has 13 heteroatoms. The molecule has 1 aliphatic rings. The zero-order chi connectivity index (χ0) is 26.1. The van der Waals surface area contributed by atoms with Crippen LogP contribution in [0.3, 0.4) is 0 Å². The number of carboxylic acid groups (broad SMARTS) is 1. The number of esters is 1. The number of hydrogen-bond acceptors (Lipinski definition) is 5. The SMILES string of the molecule is CCOC(=O)C1CCN(C(=O)C(C)(C)NC(=O)Nc2ccccc2Cl)CC1.O=C(O)C(F)(F)F. The van der Waals surface area contributed by atoms with Gasteiger partial charge in [-0.15, -0.1) is 0 Å². The molecule has 0 unspecified atom stereocenters. The van der Waals surface area contributed by atoms with Crippen molar-refractivity contribution < 1.29 is 42.2 Å². The normalized spacial score (nSPS) is 14.4. The van der Waals surface area contributed by atoms with E-state index in [1.54, 1.807) is 49.9 Å². The lowest BCUT2D eigenvalue weighted by Gasteiger charge is -2.36. The number of hydrogen-bond donors (Lipinski definition) is 3. The molecule has 190 valence electrons. The third-order valence-corrected chi connectivity index (χ3v) is 5.06. The number of piperidine rings is 1. The summed E-state index contributed by atoms with van der Waals surface area (Å²) in [5, 5.41) is 12.9. The average molecular weight is 510 g/mol. The zero-order valence-electron chi connectivity index (χ0n) is 18.9. The Balaban J connectivity index is 0.000000718. The lowest BCUT2D eigenvalue weighted by Crippen LogP contribution is -2.58. The highest BCUT2D eigenvalue weighted by molar-refractivity contribution is 6.33. The third-order valence-electron chi connectivity index (χ3n) is 4.73. The van der Waals surface area contributed by atoms with Gasteiger partial charge in [0.1, 0.15) is 5.54 Å². The van der Waals surface area contributed by atoms with Gasteiger partial charge in [-0.2, -0.15) is 13.2 Å². The van der Waals surface area contributed by atoms with Gasteiger partial charge in [-0.1, -0.05) is 23.7 Å². The Morgan fingerprint density at radius 2 is 1.68 bits per heavy atom. The molecule has 3 N–H and O–H groups in total. The molecule has 1 aromatic carbocycles. The largest absolute Gasteiger partial charge is 0.490 e. The molecular formula is C21H27ClF3N3O6. The maximum atomic E-state index is 12.8. The van der Waals surface area contributed by atoms with Crippen molar-refractivity contribution >= 4 is 41.2 Å². The number of carbonyl (C=O) groups is 4. The van der Waals surface area contributed by atoms with Gasteiger partial charge in [0.25, 0.3) is 0 Å². The van der Waals surface area contributed by atoms with E-state index in [4.69, 9.17) is 26.2 Å². The maximum absolute atomic E-state index is 12.8. The molecule has 1 fully saturated rings. The summed E-state index contributed by atoms with van der Waals surface area (Å²) in [6.45, 7) is 6.35. The van der Waals surface area contributed by atoms with Crippen molar-refractivity contribution in [2.45, 2.75) is 45.3 Å². The van der Waals surface area contributed by atoms with Crippen LogP contribution >= 0.6 is 11.6 Å². The number of aliphatic carboxylic acids is 1. The Bertz CT molecular complexity index is 887. The second-order valence-corrected chi connectivity index (χ2v) is 8.21. The van der Waals surface area contributed by atoms with Gasteiger partial charge < -0.3 is 25.4 Å². The van der Waals surface area contributed by atoms with Crippen LogP contribution in [0, 0.1) is 5.92 Å². The molecular weight excluding hydrogens is 483 g/mol. The highest BCUT2D eigenvalue weighted by atomic mass is 35.5. The van der Waals surface area contributed by atoms with Gasteiger partial charge in [-0.3, -0.25) is 9.59 Å². The van der Waals surface area contributed by atoms with Crippen molar-refractivity contribution in [3.05, 3.63) is 29.3 Å². The topological polar surface area (TPSA) is 125 Å². The monoisotopic (exact) mass is 509 g/mol. The molecule has 34 heavy (non-hydrogen) atoms. The number of nitrogens with one attached hydrogen (secondary N) is 2. The minimum absolute atomic E-state index is 0.173. The van der Waals surface area contributed by atoms with E-state index >= 15 is 0 Å². The number of likely N-dealkylation sites (tertiary alicyclic amines) is 1. The Morgan fingerprint density at radius 1 is 1.15 bits per heavy atom. The summed E-state index contributed by atoms with van der Waals surface area (Å²) in [4.78, 5) is 47.5. The van der Waals surface area contributed by atoms with Crippen LogP contribution in [0.15, 0.2) is 24.3 Å². The summed E-state index contributed by atoms with van der Waals surface area (Å²) < 4.78 is 36.8. The van der Waals surface area contributed by atoms with E-state index in [2.05, 4.69) is 10.6 Å². The number of alkyl halides is 3. The third kappa shape index (κ3) is 9.08. The zero-order valence-corrected chi connectivity index (χ0v) is 19.6. The fraction of sp³-hybridized carbons (Fsp3) is 0.524. The van der Waals surface area contributed by atoms with Gasteiger partial charge in [0.05, 0.1) is 23.2 Å². The molecule has 0 aromatic heterocycles. The highest BCUT2D eigenvalue weighted by Gasteiger charge is 2.38. The van der Waals surface area contributed by atoms with Crippen LogP contribution in [-0.4, -0.2) is 65.3 Å². The number of urea groups is 1. The van der Waals surface area contributed by atoms with Crippen molar-refractivity contribution in [3.8, 4) is 0 Å². The number of carbonyl (C=O) groups excluding carboxylic acids is 3. The molecule has 1 saturated heterocycles.